The lowest BCUT2D eigenvalue weighted by molar-refractivity contribution is 0.0780. The molecule has 5 nitrogen and oxygen atoms in total. The Kier molecular flexibility index (Phi) is 3.43. The number of amides is 1. The lowest BCUT2D eigenvalue weighted by atomic mass is 10.2. The molecule has 0 saturated heterocycles. The first-order valence-electron chi connectivity index (χ1n) is 6.05. The van der Waals surface area contributed by atoms with E-state index in [4.69, 9.17) is 11.0 Å². The van der Waals surface area contributed by atoms with Gasteiger partial charge in [-0.2, -0.15) is 5.26 Å². The van der Waals surface area contributed by atoms with Gasteiger partial charge in [-0.15, -0.1) is 0 Å². The molecule has 2 rings (SSSR count). The molecule has 1 heterocycles. The van der Waals surface area contributed by atoms with Crippen LogP contribution in [0.5, 0.6) is 0 Å². The number of nitrogens with zero attached hydrogens (tertiary/aromatic N) is 2. The minimum atomic E-state index is -0.191. The van der Waals surface area contributed by atoms with Gasteiger partial charge in [-0.1, -0.05) is 12.1 Å². The fraction of sp³-hybridized carbons (Fsp3) is 0.286. The summed E-state index contributed by atoms with van der Waals surface area (Å²) in [7, 11) is 1.69. The summed E-state index contributed by atoms with van der Waals surface area (Å²) in [4.78, 5) is 16.8. The lowest BCUT2D eigenvalue weighted by Crippen LogP contribution is -2.30. The molecule has 1 unspecified atom stereocenters. The summed E-state index contributed by atoms with van der Waals surface area (Å²) in [6.07, 6.45) is 0. The highest BCUT2D eigenvalue weighted by molar-refractivity contribution is 6.00. The van der Waals surface area contributed by atoms with Crippen molar-refractivity contribution in [2.45, 2.75) is 6.92 Å². The number of aromatic amines is 1. The Morgan fingerprint density at radius 2 is 2.32 bits per heavy atom. The third-order valence-electron chi connectivity index (χ3n) is 3.03. The molecular formula is C14H16N4O. The smallest absolute Gasteiger partial charge is 0.270 e. The Hall–Kier alpha value is -2.48. The van der Waals surface area contributed by atoms with Crippen molar-refractivity contribution in [3.63, 3.8) is 0 Å². The van der Waals surface area contributed by atoms with Crippen molar-refractivity contribution in [2.24, 2.45) is 5.92 Å². The van der Waals surface area contributed by atoms with Crippen LogP contribution in [0.2, 0.25) is 0 Å². The first-order chi connectivity index (χ1) is 9.02. The molecule has 1 amide bonds. The van der Waals surface area contributed by atoms with Gasteiger partial charge in [0.2, 0.25) is 0 Å². The molecule has 19 heavy (non-hydrogen) atoms. The first-order valence-corrected chi connectivity index (χ1v) is 6.05. The minimum absolute atomic E-state index is 0.141. The van der Waals surface area contributed by atoms with E-state index in [0.717, 1.165) is 10.9 Å². The average molecular weight is 256 g/mol. The lowest BCUT2D eigenvalue weighted by Gasteiger charge is -2.17. The van der Waals surface area contributed by atoms with E-state index < -0.39 is 0 Å². The molecule has 2 aromatic rings. The first kappa shape index (κ1) is 13.0. The predicted molar refractivity (Wildman–Crippen MR) is 74.4 cm³/mol. The van der Waals surface area contributed by atoms with Crippen LogP contribution in [0.25, 0.3) is 10.9 Å². The van der Waals surface area contributed by atoms with Crippen LogP contribution in [0.3, 0.4) is 0 Å². The summed E-state index contributed by atoms with van der Waals surface area (Å²) < 4.78 is 0. The number of H-pyrrole nitrogens is 1. The van der Waals surface area contributed by atoms with Crippen LogP contribution in [-0.2, 0) is 0 Å². The standard InChI is InChI=1S/C14H16N4O/c1-9(7-15)8-18(2)14(19)12-6-10-4-3-5-11(16)13(10)17-12/h3-6,9,17H,8,16H2,1-2H3. The molecular weight excluding hydrogens is 240 g/mol. The molecule has 98 valence electrons. The Bertz CT molecular complexity index is 653. The third kappa shape index (κ3) is 2.52. The minimum Gasteiger partial charge on any atom is -0.397 e. The SMILES string of the molecule is CC(C#N)CN(C)C(=O)c1cc2cccc(N)c2[nH]1. The van der Waals surface area contributed by atoms with Crippen molar-refractivity contribution >= 4 is 22.5 Å². The number of para-hydroxylation sites is 1. The molecule has 1 atom stereocenters. The molecule has 1 aromatic heterocycles. The van der Waals surface area contributed by atoms with Gasteiger partial charge in [-0.05, 0) is 19.1 Å². The molecule has 0 aliphatic rings. The molecule has 3 N–H and O–H groups in total. The molecule has 5 heteroatoms. The maximum atomic E-state index is 12.2. The average Bonchev–Trinajstić information content (AvgIpc) is 2.83. The highest BCUT2D eigenvalue weighted by Crippen LogP contribution is 2.21. The van der Waals surface area contributed by atoms with Crippen molar-refractivity contribution in [3.8, 4) is 6.07 Å². The maximum absolute atomic E-state index is 12.2. The molecule has 1 aromatic carbocycles. The van der Waals surface area contributed by atoms with Crippen LogP contribution in [-0.4, -0.2) is 29.4 Å². The summed E-state index contributed by atoms with van der Waals surface area (Å²) in [5.74, 6) is -0.332. The fourth-order valence-electron chi connectivity index (χ4n) is 2.04. The van der Waals surface area contributed by atoms with Crippen LogP contribution in [0.15, 0.2) is 24.3 Å². The van der Waals surface area contributed by atoms with Crippen LogP contribution >= 0.6 is 0 Å². The molecule has 0 saturated carbocycles. The van der Waals surface area contributed by atoms with E-state index in [1.807, 2.05) is 12.1 Å². The largest absolute Gasteiger partial charge is 0.397 e. The zero-order valence-corrected chi connectivity index (χ0v) is 11.0. The molecule has 0 radical (unpaired) electrons. The summed E-state index contributed by atoms with van der Waals surface area (Å²) in [6.45, 7) is 2.19. The van der Waals surface area contributed by atoms with E-state index in [0.29, 0.717) is 17.9 Å². The van der Waals surface area contributed by atoms with Crippen LogP contribution < -0.4 is 5.73 Å². The fourth-order valence-corrected chi connectivity index (χ4v) is 2.04. The van der Waals surface area contributed by atoms with E-state index >= 15 is 0 Å². The van der Waals surface area contributed by atoms with Gasteiger partial charge >= 0.3 is 0 Å². The topological polar surface area (TPSA) is 85.9 Å². The third-order valence-corrected chi connectivity index (χ3v) is 3.03. The van der Waals surface area contributed by atoms with E-state index in [1.165, 1.54) is 4.90 Å². The predicted octanol–water partition coefficient (Wildman–Crippen LogP) is 1.98. The van der Waals surface area contributed by atoms with Crippen LogP contribution in [0.1, 0.15) is 17.4 Å². The number of carbonyl (C=O) groups excluding carboxylic acids is 1. The van der Waals surface area contributed by atoms with Gasteiger partial charge in [0, 0.05) is 19.0 Å². The van der Waals surface area contributed by atoms with E-state index in [-0.39, 0.29) is 11.8 Å². The number of benzene rings is 1. The highest BCUT2D eigenvalue weighted by Gasteiger charge is 2.16. The van der Waals surface area contributed by atoms with Gasteiger partial charge in [0.25, 0.3) is 5.91 Å². The van der Waals surface area contributed by atoms with Crippen LogP contribution in [0.4, 0.5) is 5.69 Å². The number of nitrogens with one attached hydrogen (secondary N) is 1. The highest BCUT2D eigenvalue weighted by atomic mass is 16.2. The number of nitrogen functional groups attached to an aromatic ring is 1. The van der Waals surface area contributed by atoms with Crippen molar-refractivity contribution in [3.05, 3.63) is 30.0 Å². The summed E-state index contributed by atoms with van der Waals surface area (Å²) in [6, 6.07) is 9.43. The number of fused-ring (bicyclic) bond motifs is 1. The Labute approximate surface area is 111 Å². The number of nitrogens with two attached hydrogens (primary N) is 1. The monoisotopic (exact) mass is 256 g/mol. The van der Waals surface area contributed by atoms with Gasteiger partial charge in [0.15, 0.2) is 0 Å². The van der Waals surface area contributed by atoms with E-state index in [2.05, 4.69) is 11.1 Å². The van der Waals surface area contributed by atoms with Crippen molar-refractivity contribution in [2.75, 3.05) is 19.3 Å². The second-order valence-electron chi connectivity index (χ2n) is 4.71. The van der Waals surface area contributed by atoms with Crippen molar-refractivity contribution in [1.82, 2.24) is 9.88 Å². The normalized spacial score (nSPS) is 12.1. The number of nitriles is 1. The molecule has 0 spiro atoms. The Morgan fingerprint density at radius 3 is 2.95 bits per heavy atom. The number of carbonyl (C=O) groups is 1. The van der Waals surface area contributed by atoms with Crippen molar-refractivity contribution < 1.29 is 4.79 Å². The number of anilines is 1. The maximum Gasteiger partial charge on any atom is 0.270 e. The molecule has 0 bridgehead atoms. The zero-order chi connectivity index (χ0) is 14.0. The van der Waals surface area contributed by atoms with Crippen LogP contribution in [0, 0.1) is 17.2 Å². The molecule has 0 aliphatic heterocycles. The second-order valence-corrected chi connectivity index (χ2v) is 4.71. The molecule has 0 aliphatic carbocycles. The summed E-state index contributed by atoms with van der Waals surface area (Å²) >= 11 is 0. The number of hydrogen-bond acceptors (Lipinski definition) is 3. The van der Waals surface area contributed by atoms with Gasteiger partial charge in [-0.25, -0.2) is 0 Å². The van der Waals surface area contributed by atoms with E-state index in [1.54, 1.807) is 26.1 Å². The van der Waals surface area contributed by atoms with E-state index in [9.17, 15) is 4.79 Å². The Morgan fingerprint density at radius 1 is 1.58 bits per heavy atom. The van der Waals surface area contributed by atoms with Gasteiger partial charge in [-0.3, -0.25) is 4.79 Å². The van der Waals surface area contributed by atoms with Gasteiger partial charge in [0.05, 0.1) is 23.2 Å². The quantitative estimate of drug-likeness (QED) is 0.823. The van der Waals surface area contributed by atoms with Gasteiger partial charge in [0.1, 0.15) is 5.69 Å². The zero-order valence-electron chi connectivity index (χ0n) is 11.0. The second kappa shape index (κ2) is 5.02. The van der Waals surface area contributed by atoms with Gasteiger partial charge < -0.3 is 15.6 Å². The molecule has 0 fully saturated rings. The summed E-state index contributed by atoms with van der Waals surface area (Å²) in [5, 5.41) is 9.68. The Balaban J connectivity index is 2.27. The number of hydrogen-bond donors (Lipinski definition) is 2. The number of aromatic nitrogens is 1. The number of rotatable bonds is 3. The van der Waals surface area contributed by atoms with Crippen molar-refractivity contribution in [1.29, 1.82) is 5.26 Å². The summed E-state index contributed by atoms with van der Waals surface area (Å²) in [5.41, 5.74) is 7.72.